The number of anilines is 1. The monoisotopic (exact) mass is 365 g/mol. The Morgan fingerprint density at radius 3 is 2.37 bits per heavy atom. The van der Waals surface area contributed by atoms with E-state index in [4.69, 9.17) is 5.73 Å². The van der Waals surface area contributed by atoms with Gasteiger partial charge in [0.2, 0.25) is 5.91 Å². The number of benzene rings is 2. The standard InChI is InChI=1S/C22H27N3O2/c1-15-10-16(2)12-19(11-15)22(27)24-20-5-3-4-17(13-20)14-25-8-6-18(7-9-25)21(23)26/h3-5,10-13,18H,6-9,14H2,1-2H3,(H2,23,26)(H,24,27). The van der Waals surface area contributed by atoms with Gasteiger partial charge in [0, 0.05) is 23.7 Å². The summed E-state index contributed by atoms with van der Waals surface area (Å²) in [4.78, 5) is 26.2. The van der Waals surface area contributed by atoms with Crippen LogP contribution in [0.5, 0.6) is 0 Å². The summed E-state index contributed by atoms with van der Waals surface area (Å²) in [6.07, 6.45) is 1.64. The average molecular weight is 365 g/mol. The molecule has 1 saturated heterocycles. The number of hydrogen-bond acceptors (Lipinski definition) is 3. The van der Waals surface area contributed by atoms with Crippen molar-refractivity contribution in [3.8, 4) is 0 Å². The second-order valence-corrected chi connectivity index (χ2v) is 7.48. The van der Waals surface area contributed by atoms with E-state index in [0.717, 1.165) is 54.9 Å². The molecule has 5 heteroatoms. The topological polar surface area (TPSA) is 75.4 Å². The molecule has 3 N–H and O–H groups in total. The SMILES string of the molecule is Cc1cc(C)cc(C(=O)Nc2cccc(CN3CCC(C(N)=O)CC3)c2)c1. The largest absolute Gasteiger partial charge is 0.369 e. The van der Waals surface area contributed by atoms with Gasteiger partial charge in [0.25, 0.3) is 5.91 Å². The van der Waals surface area contributed by atoms with E-state index in [1.807, 2.05) is 44.2 Å². The van der Waals surface area contributed by atoms with Crippen LogP contribution in [0, 0.1) is 19.8 Å². The summed E-state index contributed by atoms with van der Waals surface area (Å²) in [6, 6.07) is 13.8. The second-order valence-electron chi connectivity index (χ2n) is 7.48. The molecule has 0 atom stereocenters. The predicted molar refractivity (Wildman–Crippen MR) is 108 cm³/mol. The lowest BCUT2D eigenvalue weighted by Crippen LogP contribution is -2.38. The number of amides is 2. The Hall–Kier alpha value is -2.66. The van der Waals surface area contributed by atoms with Gasteiger partial charge in [-0.3, -0.25) is 14.5 Å². The zero-order valence-electron chi connectivity index (χ0n) is 16.0. The fourth-order valence-corrected chi connectivity index (χ4v) is 3.69. The highest BCUT2D eigenvalue weighted by Gasteiger charge is 2.23. The molecule has 1 aliphatic rings. The molecule has 0 aromatic heterocycles. The molecule has 0 bridgehead atoms. The molecule has 0 saturated carbocycles. The predicted octanol–water partition coefficient (Wildman–Crippen LogP) is 3.25. The van der Waals surface area contributed by atoms with Crippen LogP contribution in [-0.2, 0) is 11.3 Å². The van der Waals surface area contributed by atoms with Gasteiger partial charge in [-0.15, -0.1) is 0 Å². The number of aryl methyl sites for hydroxylation is 2. The van der Waals surface area contributed by atoms with Gasteiger partial charge >= 0.3 is 0 Å². The van der Waals surface area contributed by atoms with E-state index in [0.29, 0.717) is 5.56 Å². The molecule has 0 spiro atoms. The van der Waals surface area contributed by atoms with Crippen molar-refractivity contribution < 1.29 is 9.59 Å². The molecule has 1 aliphatic heterocycles. The Morgan fingerprint density at radius 1 is 1.07 bits per heavy atom. The summed E-state index contributed by atoms with van der Waals surface area (Å²) in [5, 5.41) is 2.99. The smallest absolute Gasteiger partial charge is 0.255 e. The lowest BCUT2D eigenvalue weighted by molar-refractivity contribution is -0.123. The number of likely N-dealkylation sites (tertiary alicyclic amines) is 1. The van der Waals surface area contributed by atoms with Gasteiger partial charge < -0.3 is 11.1 Å². The van der Waals surface area contributed by atoms with Crippen molar-refractivity contribution >= 4 is 17.5 Å². The molecule has 2 aromatic rings. The van der Waals surface area contributed by atoms with E-state index in [9.17, 15) is 9.59 Å². The minimum Gasteiger partial charge on any atom is -0.369 e. The minimum absolute atomic E-state index is 0.00431. The first-order valence-electron chi connectivity index (χ1n) is 9.41. The number of nitrogens with two attached hydrogens (primary N) is 1. The molecular weight excluding hydrogens is 338 g/mol. The summed E-state index contributed by atoms with van der Waals surface area (Å²) in [7, 11) is 0. The van der Waals surface area contributed by atoms with Gasteiger partial charge in [-0.1, -0.05) is 29.3 Å². The number of carbonyl (C=O) groups excluding carboxylic acids is 2. The van der Waals surface area contributed by atoms with Crippen molar-refractivity contribution in [3.63, 3.8) is 0 Å². The van der Waals surface area contributed by atoms with E-state index in [1.54, 1.807) is 0 Å². The number of primary amides is 1. The maximum absolute atomic E-state index is 12.6. The lowest BCUT2D eigenvalue weighted by Gasteiger charge is -2.30. The lowest BCUT2D eigenvalue weighted by atomic mass is 9.96. The zero-order valence-corrected chi connectivity index (χ0v) is 16.0. The Balaban J connectivity index is 1.62. The molecule has 1 fully saturated rings. The highest BCUT2D eigenvalue weighted by atomic mass is 16.2. The van der Waals surface area contributed by atoms with Gasteiger partial charge in [-0.25, -0.2) is 0 Å². The van der Waals surface area contributed by atoms with Crippen LogP contribution in [0.4, 0.5) is 5.69 Å². The third-order valence-corrected chi connectivity index (χ3v) is 5.06. The van der Waals surface area contributed by atoms with Crippen molar-refractivity contribution in [3.05, 3.63) is 64.7 Å². The van der Waals surface area contributed by atoms with Crippen LogP contribution in [0.1, 0.15) is 39.9 Å². The summed E-state index contributed by atoms with van der Waals surface area (Å²) in [5.41, 5.74) is 10.2. The number of carbonyl (C=O) groups is 2. The van der Waals surface area contributed by atoms with Gasteiger partial charge in [-0.05, 0) is 69.6 Å². The van der Waals surface area contributed by atoms with Crippen LogP contribution in [0.2, 0.25) is 0 Å². The third-order valence-electron chi connectivity index (χ3n) is 5.06. The second kappa shape index (κ2) is 8.35. The molecule has 2 amide bonds. The molecule has 1 heterocycles. The Bertz CT molecular complexity index is 819. The highest BCUT2D eigenvalue weighted by molar-refractivity contribution is 6.04. The molecule has 3 rings (SSSR count). The maximum atomic E-state index is 12.6. The van der Waals surface area contributed by atoms with Gasteiger partial charge in [0.15, 0.2) is 0 Å². The van der Waals surface area contributed by atoms with E-state index in [-0.39, 0.29) is 17.7 Å². The first kappa shape index (κ1) is 19.1. The van der Waals surface area contributed by atoms with Crippen molar-refractivity contribution in [2.75, 3.05) is 18.4 Å². The molecule has 0 unspecified atom stereocenters. The molecule has 0 aliphatic carbocycles. The van der Waals surface area contributed by atoms with Gasteiger partial charge in [-0.2, -0.15) is 0 Å². The Labute approximate surface area is 160 Å². The van der Waals surface area contributed by atoms with Gasteiger partial charge in [0.1, 0.15) is 0 Å². The van der Waals surface area contributed by atoms with Crippen LogP contribution in [0.3, 0.4) is 0 Å². The summed E-state index contributed by atoms with van der Waals surface area (Å²) in [5.74, 6) is -0.281. The van der Waals surface area contributed by atoms with E-state index in [1.165, 1.54) is 0 Å². The quantitative estimate of drug-likeness (QED) is 0.854. The van der Waals surface area contributed by atoms with Gasteiger partial charge in [0.05, 0.1) is 0 Å². The molecule has 142 valence electrons. The summed E-state index contributed by atoms with van der Waals surface area (Å²) in [6.45, 7) is 6.52. The van der Waals surface area contributed by atoms with Crippen LogP contribution in [0.25, 0.3) is 0 Å². The first-order valence-corrected chi connectivity index (χ1v) is 9.41. The van der Waals surface area contributed by atoms with Crippen LogP contribution in [-0.4, -0.2) is 29.8 Å². The van der Waals surface area contributed by atoms with Crippen molar-refractivity contribution in [1.82, 2.24) is 4.90 Å². The first-order chi connectivity index (χ1) is 12.9. The van der Waals surface area contributed by atoms with Crippen LogP contribution in [0.15, 0.2) is 42.5 Å². The van der Waals surface area contributed by atoms with Crippen LogP contribution >= 0.6 is 0 Å². The zero-order chi connectivity index (χ0) is 19.4. The van der Waals surface area contributed by atoms with Crippen molar-refractivity contribution in [2.24, 2.45) is 11.7 Å². The van der Waals surface area contributed by atoms with E-state index < -0.39 is 0 Å². The fraction of sp³-hybridized carbons (Fsp3) is 0.364. The highest BCUT2D eigenvalue weighted by Crippen LogP contribution is 2.20. The number of piperidine rings is 1. The molecule has 5 nitrogen and oxygen atoms in total. The summed E-state index contributed by atoms with van der Waals surface area (Å²) < 4.78 is 0. The number of hydrogen-bond donors (Lipinski definition) is 2. The normalized spacial score (nSPS) is 15.5. The third kappa shape index (κ3) is 5.17. The summed E-state index contributed by atoms with van der Waals surface area (Å²) >= 11 is 0. The maximum Gasteiger partial charge on any atom is 0.255 e. The molecular formula is C22H27N3O2. The average Bonchev–Trinajstić information content (AvgIpc) is 2.61. The molecule has 0 radical (unpaired) electrons. The number of nitrogens with one attached hydrogen (secondary N) is 1. The van der Waals surface area contributed by atoms with E-state index >= 15 is 0 Å². The van der Waals surface area contributed by atoms with Crippen molar-refractivity contribution in [1.29, 1.82) is 0 Å². The Morgan fingerprint density at radius 2 is 1.74 bits per heavy atom. The Kier molecular flexibility index (Phi) is 5.91. The number of rotatable bonds is 5. The molecule has 27 heavy (non-hydrogen) atoms. The molecule has 2 aromatic carbocycles. The van der Waals surface area contributed by atoms with Crippen molar-refractivity contribution in [2.45, 2.75) is 33.2 Å². The van der Waals surface area contributed by atoms with Crippen LogP contribution < -0.4 is 11.1 Å². The van der Waals surface area contributed by atoms with E-state index in [2.05, 4.69) is 22.3 Å². The minimum atomic E-state index is -0.189. The number of nitrogens with zero attached hydrogens (tertiary/aromatic N) is 1. The fourth-order valence-electron chi connectivity index (χ4n) is 3.69.